The van der Waals surface area contributed by atoms with Gasteiger partial charge in [0.2, 0.25) is 0 Å². The quantitative estimate of drug-likeness (QED) is 0.624. The lowest BCUT2D eigenvalue weighted by molar-refractivity contribution is -0.138. The van der Waals surface area contributed by atoms with Crippen molar-refractivity contribution in [3.8, 4) is 5.75 Å². The van der Waals surface area contributed by atoms with Crippen LogP contribution in [0.2, 0.25) is 5.15 Å². The number of hydrogen-bond acceptors (Lipinski definition) is 6. The molecule has 1 amide bonds. The fourth-order valence-corrected chi connectivity index (χ4v) is 3.52. The third-order valence-electron chi connectivity index (χ3n) is 3.24. The number of carbonyl (C=O) groups excluding carboxylic acids is 1. The summed E-state index contributed by atoms with van der Waals surface area (Å²) in [6.07, 6.45) is 1.59. The highest BCUT2D eigenvalue weighted by molar-refractivity contribution is 7.26. The Hall–Kier alpha value is -2.45. The standard InChI is InChI=1S/C14H10ClN3O4S/c1-5(14(21)22)17-13(20)9-10(19)11-7(12(15)18-9)8-6(23-11)3-2-4-16-8/h2-5,19H,1H3,(H,17,20)(H,21,22)/t5-/m0/s1. The van der Waals surface area contributed by atoms with Gasteiger partial charge in [0.15, 0.2) is 11.4 Å². The van der Waals surface area contributed by atoms with Crippen LogP contribution in [0.15, 0.2) is 18.3 Å². The van der Waals surface area contributed by atoms with E-state index in [1.807, 2.05) is 6.07 Å². The first-order valence-corrected chi connectivity index (χ1v) is 7.69. The van der Waals surface area contributed by atoms with Crippen molar-refractivity contribution in [2.75, 3.05) is 0 Å². The van der Waals surface area contributed by atoms with Crippen molar-refractivity contribution in [2.45, 2.75) is 13.0 Å². The Morgan fingerprint density at radius 2 is 2.17 bits per heavy atom. The molecule has 0 unspecified atom stereocenters. The number of aromatic hydroxyl groups is 1. The molecular formula is C14H10ClN3O4S. The second-order valence-electron chi connectivity index (χ2n) is 4.79. The van der Waals surface area contributed by atoms with Gasteiger partial charge < -0.3 is 15.5 Å². The van der Waals surface area contributed by atoms with E-state index in [0.29, 0.717) is 15.6 Å². The van der Waals surface area contributed by atoms with E-state index in [4.69, 9.17) is 16.7 Å². The van der Waals surface area contributed by atoms with Gasteiger partial charge in [0.05, 0.1) is 20.3 Å². The van der Waals surface area contributed by atoms with Gasteiger partial charge in [0.25, 0.3) is 5.91 Å². The monoisotopic (exact) mass is 351 g/mol. The predicted molar refractivity (Wildman–Crippen MR) is 86.2 cm³/mol. The average Bonchev–Trinajstić information content (AvgIpc) is 2.90. The first kappa shape index (κ1) is 15.4. The Balaban J connectivity index is 2.16. The van der Waals surface area contributed by atoms with Crippen molar-refractivity contribution in [1.82, 2.24) is 15.3 Å². The van der Waals surface area contributed by atoms with E-state index in [1.165, 1.54) is 18.3 Å². The van der Waals surface area contributed by atoms with Crippen molar-refractivity contribution in [3.63, 3.8) is 0 Å². The molecule has 3 aromatic heterocycles. The highest BCUT2D eigenvalue weighted by Gasteiger charge is 2.24. The minimum Gasteiger partial charge on any atom is -0.504 e. The minimum absolute atomic E-state index is 0.0240. The maximum Gasteiger partial charge on any atom is 0.325 e. The normalized spacial score (nSPS) is 12.4. The van der Waals surface area contributed by atoms with Crippen molar-refractivity contribution in [2.24, 2.45) is 0 Å². The molecule has 0 bridgehead atoms. The van der Waals surface area contributed by atoms with E-state index in [9.17, 15) is 14.7 Å². The van der Waals surface area contributed by atoms with Gasteiger partial charge in [-0.1, -0.05) is 11.6 Å². The average molecular weight is 352 g/mol. The zero-order valence-corrected chi connectivity index (χ0v) is 13.3. The van der Waals surface area contributed by atoms with Crippen molar-refractivity contribution in [1.29, 1.82) is 0 Å². The number of rotatable bonds is 3. The Labute approximate surface area is 138 Å². The van der Waals surface area contributed by atoms with Gasteiger partial charge >= 0.3 is 5.97 Å². The van der Waals surface area contributed by atoms with E-state index >= 15 is 0 Å². The summed E-state index contributed by atoms with van der Waals surface area (Å²) in [6, 6.07) is 2.44. The molecule has 23 heavy (non-hydrogen) atoms. The molecule has 0 saturated heterocycles. The lowest BCUT2D eigenvalue weighted by Crippen LogP contribution is -2.38. The van der Waals surface area contributed by atoms with Crippen LogP contribution >= 0.6 is 22.9 Å². The third kappa shape index (κ3) is 2.55. The lowest BCUT2D eigenvalue weighted by Gasteiger charge is -2.10. The topological polar surface area (TPSA) is 112 Å². The largest absolute Gasteiger partial charge is 0.504 e. The molecule has 0 aliphatic carbocycles. The number of fused-ring (bicyclic) bond motifs is 3. The highest BCUT2D eigenvalue weighted by Crippen LogP contribution is 2.42. The number of aliphatic carboxylic acids is 1. The zero-order chi connectivity index (χ0) is 16.7. The van der Waals surface area contributed by atoms with E-state index < -0.39 is 17.9 Å². The maximum atomic E-state index is 12.1. The van der Waals surface area contributed by atoms with Crippen molar-refractivity contribution < 1.29 is 19.8 Å². The summed E-state index contributed by atoms with van der Waals surface area (Å²) in [4.78, 5) is 31.1. The predicted octanol–water partition coefficient (Wildman–Crippen LogP) is 2.41. The van der Waals surface area contributed by atoms with Crippen LogP contribution in [0.4, 0.5) is 0 Å². The molecule has 0 aliphatic rings. The van der Waals surface area contributed by atoms with Crippen LogP contribution in [0.1, 0.15) is 17.4 Å². The van der Waals surface area contributed by atoms with Crippen LogP contribution in [-0.4, -0.2) is 38.1 Å². The van der Waals surface area contributed by atoms with Gasteiger partial charge in [0.1, 0.15) is 11.2 Å². The molecule has 118 valence electrons. The summed E-state index contributed by atoms with van der Waals surface area (Å²) >= 11 is 7.37. The molecule has 3 heterocycles. The number of carboxylic acid groups (broad SMARTS) is 1. The molecule has 0 radical (unpaired) electrons. The molecular weight excluding hydrogens is 342 g/mol. The first-order valence-electron chi connectivity index (χ1n) is 6.49. The van der Waals surface area contributed by atoms with Crippen LogP contribution < -0.4 is 5.32 Å². The van der Waals surface area contributed by atoms with Crippen molar-refractivity contribution in [3.05, 3.63) is 29.2 Å². The first-order chi connectivity index (χ1) is 10.9. The van der Waals surface area contributed by atoms with Crippen LogP contribution in [0.5, 0.6) is 5.75 Å². The number of halogens is 1. The molecule has 7 nitrogen and oxygen atoms in total. The Bertz CT molecular complexity index is 956. The van der Waals surface area contributed by atoms with Gasteiger partial charge in [-0.05, 0) is 19.1 Å². The molecule has 0 fully saturated rings. The number of amides is 1. The van der Waals surface area contributed by atoms with Gasteiger partial charge in [-0.2, -0.15) is 0 Å². The number of nitrogens with one attached hydrogen (secondary N) is 1. The van der Waals surface area contributed by atoms with Crippen LogP contribution in [0.25, 0.3) is 20.3 Å². The van der Waals surface area contributed by atoms with E-state index in [0.717, 1.165) is 4.70 Å². The minimum atomic E-state index is -1.20. The number of nitrogens with zero attached hydrogens (tertiary/aromatic N) is 2. The summed E-state index contributed by atoms with van der Waals surface area (Å²) in [6.45, 7) is 1.31. The van der Waals surface area contributed by atoms with E-state index in [-0.39, 0.29) is 16.6 Å². The molecule has 3 aromatic rings. The van der Waals surface area contributed by atoms with Crippen LogP contribution in [-0.2, 0) is 4.79 Å². The molecule has 0 aliphatic heterocycles. The molecule has 0 aromatic carbocycles. The summed E-state index contributed by atoms with van der Waals surface area (Å²) < 4.78 is 1.17. The van der Waals surface area contributed by atoms with Gasteiger partial charge in [-0.25, -0.2) is 4.98 Å². The lowest BCUT2D eigenvalue weighted by atomic mass is 10.2. The number of aromatic nitrogens is 2. The molecule has 0 spiro atoms. The zero-order valence-electron chi connectivity index (χ0n) is 11.7. The number of carboxylic acids is 1. The van der Waals surface area contributed by atoms with Gasteiger partial charge in [-0.15, -0.1) is 11.3 Å². The SMILES string of the molecule is C[C@H](NC(=O)c1nc(Cl)c2c(sc3cccnc32)c1O)C(=O)O. The Morgan fingerprint density at radius 3 is 2.87 bits per heavy atom. The third-order valence-corrected chi connectivity index (χ3v) is 4.66. The van der Waals surface area contributed by atoms with Crippen LogP contribution in [0.3, 0.4) is 0 Å². The number of thiophene rings is 1. The van der Waals surface area contributed by atoms with Gasteiger partial charge in [0, 0.05) is 6.20 Å². The van der Waals surface area contributed by atoms with E-state index in [1.54, 1.807) is 12.3 Å². The smallest absolute Gasteiger partial charge is 0.325 e. The summed E-state index contributed by atoms with van der Waals surface area (Å²) in [7, 11) is 0. The molecule has 9 heteroatoms. The van der Waals surface area contributed by atoms with Crippen LogP contribution in [0, 0.1) is 0 Å². The number of carbonyl (C=O) groups is 2. The maximum absolute atomic E-state index is 12.1. The fourth-order valence-electron chi connectivity index (χ4n) is 2.09. The molecule has 3 N–H and O–H groups in total. The summed E-state index contributed by atoms with van der Waals surface area (Å²) in [5.74, 6) is -2.36. The van der Waals surface area contributed by atoms with E-state index in [2.05, 4.69) is 15.3 Å². The fraction of sp³-hybridized carbons (Fsp3) is 0.143. The van der Waals surface area contributed by atoms with Crippen molar-refractivity contribution >= 4 is 55.1 Å². The Kier molecular flexibility index (Phi) is 3.78. The number of hydrogen-bond donors (Lipinski definition) is 3. The highest BCUT2D eigenvalue weighted by atomic mass is 35.5. The second kappa shape index (κ2) is 5.64. The summed E-state index contributed by atoms with van der Waals surface area (Å²) in [5.41, 5.74) is 0.272. The second-order valence-corrected chi connectivity index (χ2v) is 6.20. The Morgan fingerprint density at radius 1 is 1.43 bits per heavy atom. The molecule has 3 rings (SSSR count). The van der Waals surface area contributed by atoms with Gasteiger partial charge in [-0.3, -0.25) is 14.6 Å². The molecule has 1 atom stereocenters. The number of pyridine rings is 2. The molecule has 0 saturated carbocycles. The summed E-state index contributed by atoms with van der Waals surface area (Å²) in [5, 5.41) is 21.9.